The number of ether oxygens (including phenoxy) is 1. The van der Waals surface area contributed by atoms with E-state index in [1.165, 1.54) is 0 Å². The number of benzene rings is 1. The van der Waals surface area contributed by atoms with Gasteiger partial charge in [0.05, 0.1) is 5.92 Å². The van der Waals surface area contributed by atoms with Crippen molar-refractivity contribution >= 4 is 12.1 Å². The maximum absolute atomic E-state index is 12.4. The van der Waals surface area contributed by atoms with Crippen molar-refractivity contribution in [1.82, 2.24) is 10.3 Å². The van der Waals surface area contributed by atoms with Crippen LogP contribution >= 0.6 is 0 Å². The van der Waals surface area contributed by atoms with Crippen LogP contribution in [0.2, 0.25) is 0 Å². The van der Waals surface area contributed by atoms with Gasteiger partial charge in [0.1, 0.15) is 5.60 Å². The molecule has 1 unspecified atom stereocenters. The maximum Gasteiger partial charge on any atom is 0.407 e. The summed E-state index contributed by atoms with van der Waals surface area (Å²) in [4.78, 5) is 29.2. The molecule has 1 amide bonds. The second-order valence-electron chi connectivity index (χ2n) is 9.79. The molecule has 1 heterocycles. The van der Waals surface area contributed by atoms with Crippen LogP contribution in [0.25, 0.3) is 11.1 Å². The monoisotopic (exact) mass is 440 g/mol. The Hall–Kier alpha value is -2.89. The quantitative estimate of drug-likeness (QED) is 0.570. The Bertz CT molecular complexity index is 973. The Kier molecular flexibility index (Phi) is 8.05. The van der Waals surface area contributed by atoms with E-state index < -0.39 is 23.6 Å². The van der Waals surface area contributed by atoms with Crippen LogP contribution in [0.1, 0.15) is 75.5 Å². The van der Waals surface area contributed by atoms with E-state index in [1.54, 1.807) is 6.92 Å². The Morgan fingerprint density at radius 1 is 1.09 bits per heavy atom. The zero-order valence-corrected chi connectivity index (χ0v) is 20.5. The first kappa shape index (κ1) is 25.4. The lowest BCUT2D eigenvalue weighted by molar-refractivity contribution is -0.138. The molecule has 1 aromatic carbocycles. The van der Waals surface area contributed by atoms with Crippen molar-refractivity contribution in [2.45, 2.75) is 79.9 Å². The fourth-order valence-electron chi connectivity index (χ4n) is 3.74. The van der Waals surface area contributed by atoms with Crippen molar-refractivity contribution in [2.24, 2.45) is 5.92 Å². The predicted octanol–water partition coefficient (Wildman–Crippen LogP) is 5.78. The highest BCUT2D eigenvalue weighted by Gasteiger charge is 2.27. The molecular formula is C26H36N2O4. The van der Waals surface area contributed by atoms with E-state index in [-0.39, 0.29) is 6.54 Å². The summed E-state index contributed by atoms with van der Waals surface area (Å²) in [5.74, 6) is -1.31. The van der Waals surface area contributed by atoms with Gasteiger partial charge in [0.15, 0.2) is 0 Å². The van der Waals surface area contributed by atoms with Crippen molar-refractivity contribution in [1.29, 1.82) is 0 Å². The van der Waals surface area contributed by atoms with Crippen molar-refractivity contribution in [3.05, 3.63) is 52.3 Å². The predicted molar refractivity (Wildman–Crippen MR) is 127 cm³/mol. The molecule has 2 rings (SSSR count). The zero-order valence-electron chi connectivity index (χ0n) is 20.5. The summed E-state index contributed by atoms with van der Waals surface area (Å²) in [5, 5.41) is 12.7. The third-order valence-electron chi connectivity index (χ3n) is 5.17. The highest BCUT2D eigenvalue weighted by molar-refractivity contribution is 5.83. The van der Waals surface area contributed by atoms with Gasteiger partial charge in [-0.2, -0.15) is 0 Å². The number of amides is 1. The van der Waals surface area contributed by atoms with Crippen molar-refractivity contribution < 1.29 is 19.4 Å². The summed E-state index contributed by atoms with van der Waals surface area (Å²) >= 11 is 0. The number of nitrogens with zero attached hydrogens (tertiary/aromatic N) is 1. The smallest absolute Gasteiger partial charge is 0.407 e. The van der Waals surface area contributed by atoms with E-state index >= 15 is 0 Å². The maximum atomic E-state index is 12.4. The SMILES string of the molecule is Cc1ccc(-c2c(CNC(=O)OC(C)(C)C)c(CC(C)C)nc(C)c2C(C)C(=O)O)cc1. The fourth-order valence-corrected chi connectivity index (χ4v) is 3.74. The topological polar surface area (TPSA) is 88.5 Å². The molecule has 2 N–H and O–H groups in total. The first-order valence-corrected chi connectivity index (χ1v) is 11.1. The number of aliphatic carboxylic acids is 1. The number of nitrogens with one attached hydrogen (secondary N) is 1. The number of carbonyl (C=O) groups is 2. The average Bonchev–Trinajstić information content (AvgIpc) is 2.65. The molecule has 0 spiro atoms. The first-order chi connectivity index (χ1) is 14.8. The van der Waals surface area contributed by atoms with Crippen molar-refractivity contribution in [2.75, 3.05) is 0 Å². The van der Waals surface area contributed by atoms with Gasteiger partial charge in [-0.25, -0.2) is 4.79 Å². The third kappa shape index (κ3) is 6.55. The lowest BCUT2D eigenvalue weighted by Crippen LogP contribution is -2.32. The molecule has 1 atom stereocenters. The van der Waals surface area contributed by atoms with Gasteiger partial charge in [-0.05, 0) is 70.6 Å². The molecule has 0 bridgehead atoms. The molecule has 32 heavy (non-hydrogen) atoms. The van der Waals surface area contributed by atoms with Gasteiger partial charge in [-0.15, -0.1) is 0 Å². The number of hydrogen-bond acceptors (Lipinski definition) is 4. The van der Waals surface area contributed by atoms with Crippen LogP contribution in [0.15, 0.2) is 24.3 Å². The number of carbonyl (C=O) groups excluding carboxylic acids is 1. The molecule has 0 saturated carbocycles. The minimum absolute atomic E-state index is 0.201. The molecule has 2 aromatic rings. The van der Waals surface area contributed by atoms with E-state index in [2.05, 4.69) is 19.2 Å². The highest BCUT2D eigenvalue weighted by atomic mass is 16.6. The fraction of sp³-hybridized carbons (Fsp3) is 0.500. The standard InChI is InChI=1S/C26H36N2O4/c1-15(2)13-21-20(14-27-25(31)32-26(6,7)8)23(19-11-9-16(3)10-12-19)22(18(5)28-21)17(4)24(29)30/h9-12,15,17H,13-14H2,1-8H3,(H,27,31)(H,29,30). The Morgan fingerprint density at radius 3 is 2.19 bits per heavy atom. The van der Waals surface area contributed by atoms with Crippen LogP contribution in [-0.2, 0) is 22.5 Å². The summed E-state index contributed by atoms with van der Waals surface area (Å²) in [7, 11) is 0. The third-order valence-corrected chi connectivity index (χ3v) is 5.17. The van der Waals surface area contributed by atoms with Gasteiger partial charge in [0, 0.05) is 23.5 Å². The molecule has 0 aliphatic heterocycles. The second kappa shape index (κ2) is 10.2. The molecule has 174 valence electrons. The van der Waals surface area contributed by atoms with Gasteiger partial charge < -0.3 is 15.2 Å². The van der Waals surface area contributed by atoms with Gasteiger partial charge in [-0.3, -0.25) is 9.78 Å². The van der Waals surface area contributed by atoms with Gasteiger partial charge >= 0.3 is 12.1 Å². The molecule has 0 radical (unpaired) electrons. The van der Waals surface area contributed by atoms with Crippen molar-refractivity contribution in [3.8, 4) is 11.1 Å². The number of pyridine rings is 1. The molecule has 1 aromatic heterocycles. The van der Waals surface area contributed by atoms with Crippen LogP contribution in [-0.4, -0.2) is 27.8 Å². The summed E-state index contributed by atoms with van der Waals surface area (Å²) in [6, 6.07) is 8.01. The lowest BCUT2D eigenvalue weighted by atomic mass is 9.85. The molecule has 0 fully saturated rings. The first-order valence-electron chi connectivity index (χ1n) is 11.1. The number of alkyl carbamates (subject to hydrolysis) is 1. The van der Waals surface area contributed by atoms with Gasteiger partial charge in [0.2, 0.25) is 0 Å². The number of aromatic nitrogens is 1. The van der Waals surface area contributed by atoms with Crippen LogP contribution < -0.4 is 5.32 Å². The zero-order chi connectivity index (χ0) is 24.2. The molecule has 0 aliphatic rings. The Morgan fingerprint density at radius 2 is 1.69 bits per heavy atom. The van der Waals surface area contributed by atoms with E-state index in [0.717, 1.165) is 27.9 Å². The largest absolute Gasteiger partial charge is 0.481 e. The van der Waals surface area contributed by atoms with Gasteiger partial charge in [0.25, 0.3) is 0 Å². The van der Waals surface area contributed by atoms with E-state index in [0.29, 0.717) is 23.6 Å². The minimum atomic E-state index is -0.911. The van der Waals surface area contributed by atoms with E-state index in [4.69, 9.17) is 9.72 Å². The Balaban J connectivity index is 2.72. The average molecular weight is 441 g/mol. The van der Waals surface area contributed by atoms with Crippen LogP contribution in [0.5, 0.6) is 0 Å². The normalized spacial score (nSPS) is 12.5. The number of rotatable bonds is 7. The molecule has 6 nitrogen and oxygen atoms in total. The number of carboxylic acid groups (broad SMARTS) is 1. The summed E-state index contributed by atoms with van der Waals surface area (Å²) in [6.45, 7) is 15.4. The van der Waals surface area contributed by atoms with E-state index in [1.807, 2.05) is 58.9 Å². The molecular weight excluding hydrogens is 404 g/mol. The Labute approximate surface area is 191 Å². The highest BCUT2D eigenvalue weighted by Crippen LogP contribution is 2.37. The van der Waals surface area contributed by atoms with Gasteiger partial charge in [-0.1, -0.05) is 43.7 Å². The lowest BCUT2D eigenvalue weighted by Gasteiger charge is -2.25. The van der Waals surface area contributed by atoms with Crippen LogP contribution in [0.3, 0.4) is 0 Å². The number of carboxylic acids is 1. The summed E-state index contributed by atoms with van der Waals surface area (Å²) in [5.41, 5.74) is 5.33. The summed E-state index contributed by atoms with van der Waals surface area (Å²) < 4.78 is 5.42. The molecule has 0 saturated heterocycles. The van der Waals surface area contributed by atoms with E-state index in [9.17, 15) is 14.7 Å². The van der Waals surface area contributed by atoms with Crippen LogP contribution in [0, 0.1) is 19.8 Å². The summed E-state index contributed by atoms with van der Waals surface area (Å²) in [6.07, 6.45) is 0.198. The second-order valence-corrected chi connectivity index (χ2v) is 9.79. The van der Waals surface area contributed by atoms with Crippen LogP contribution in [0.4, 0.5) is 4.79 Å². The van der Waals surface area contributed by atoms with Crippen molar-refractivity contribution in [3.63, 3.8) is 0 Å². The molecule has 6 heteroatoms. The number of aryl methyl sites for hydroxylation is 2. The minimum Gasteiger partial charge on any atom is -0.481 e. The molecule has 0 aliphatic carbocycles. The number of hydrogen-bond donors (Lipinski definition) is 2.